The average Bonchev–Trinajstić information content (AvgIpc) is 2.58. The topological polar surface area (TPSA) is 55.4 Å². The maximum Gasteiger partial charge on any atom is 0.217 e. The third-order valence-electron chi connectivity index (χ3n) is 4.63. The molecule has 1 atom stereocenters. The minimum absolute atomic E-state index is 0.0834. The minimum Gasteiger partial charge on any atom is -0.382 e. The Morgan fingerprint density at radius 2 is 1.24 bits per heavy atom. The number of ketones is 1. The SMILES string of the molecule is CCCCCCCCCCCCCCCC(=O)C(COC)NC(C)=O. The van der Waals surface area contributed by atoms with Crippen LogP contribution in [-0.4, -0.2) is 31.4 Å². The molecule has 0 saturated heterocycles. The number of carbonyl (C=O) groups is 2. The van der Waals surface area contributed by atoms with Crippen molar-refractivity contribution in [2.24, 2.45) is 0 Å². The molecule has 1 unspecified atom stereocenters. The van der Waals surface area contributed by atoms with Gasteiger partial charge in [0.15, 0.2) is 5.78 Å². The number of carbonyl (C=O) groups excluding carboxylic acids is 2. The van der Waals surface area contributed by atoms with Gasteiger partial charge in [0.1, 0.15) is 6.04 Å². The highest BCUT2D eigenvalue weighted by molar-refractivity contribution is 5.88. The number of methoxy groups -OCH3 is 1. The Morgan fingerprint density at radius 1 is 0.800 bits per heavy atom. The molecular formula is C21H41NO3. The fourth-order valence-electron chi connectivity index (χ4n) is 3.12. The van der Waals surface area contributed by atoms with E-state index in [9.17, 15) is 9.59 Å². The van der Waals surface area contributed by atoms with Crippen LogP contribution in [0.3, 0.4) is 0 Å². The highest BCUT2D eigenvalue weighted by Crippen LogP contribution is 2.13. The summed E-state index contributed by atoms with van der Waals surface area (Å²) in [6, 6.07) is -0.486. The van der Waals surface area contributed by atoms with E-state index in [1.165, 1.54) is 77.6 Å². The summed E-state index contributed by atoms with van der Waals surface area (Å²) in [6.45, 7) is 3.95. The van der Waals surface area contributed by atoms with Crippen molar-refractivity contribution in [2.75, 3.05) is 13.7 Å². The quantitative estimate of drug-likeness (QED) is 0.344. The molecule has 4 heteroatoms. The third-order valence-corrected chi connectivity index (χ3v) is 4.63. The molecule has 4 nitrogen and oxygen atoms in total. The zero-order valence-corrected chi connectivity index (χ0v) is 16.9. The summed E-state index contributed by atoms with van der Waals surface area (Å²) >= 11 is 0. The molecule has 0 heterocycles. The van der Waals surface area contributed by atoms with E-state index in [0.29, 0.717) is 6.42 Å². The second kappa shape index (κ2) is 17.9. The summed E-state index contributed by atoms with van der Waals surface area (Å²) in [5.41, 5.74) is 0. The number of nitrogens with one attached hydrogen (secondary N) is 1. The van der Waals surface area contributed by atoms with Crippen LogP contribution >= 0.6 is 0 Å². The van der Waals surface area contributed by atoms with Gasteiger partial charge in [0, 0.05) is 20.5 Å². The number of amides is 1. The molecule has 0 spiro atoms. The van der Waals surface area contributed by atoms with Crippen molar-refractivity contribution in [1.82, 2.24) is 5.32 Å². The predicted octanol–water partition coefficient (Wildman–Crippen LogP) is 5.19. The van der Waals surface area contributed by atoms with Gasteiger partial charge >= 0.3 is 0 Å². The lowest BCUT2D eigenvalue weighted by atomic mass is 10.0. The number of ether oxygens (including phenoxy) is 1. The molecule has 148 valence electrons. The van der Waals surface area contributed by atoms with Crippen LogP contribution in [0.5, 0.6) is 0 Å². The molecule has 1 N–H and O–H groups in total. The molecule has 0 rings (SSSR count). The first kappa shape index (κ1) is 24.1. The highest BCUT2D eigenvalue weighted by atomic mass is 16.5. The fourth-order valence-corrected chi connectivity index (χ4v) is 3.12. The Kier molecular flexibility index (Phi) is 17.3. The molecule has 0 aliphatic rings. The lowest BCUT2D eigenvalue weighted by Crippen LogP contribution is -2.42. The smallest absolute Gasteiger partial charge is 0.217 e. The maximum atomic E-state index is 12.1. The van der Waals surface area contributed by atoms with Crippen molar-refractivity contribution in [3.63, 3.8) is 0 Å². The lowest BCUT2D eigenvalue weighted by molar-refractivity contribution is -0.128. The zero-order chi connectivity index (χ0) is 18.8. The van der Waals surface area contributed by atoms with Crippen molar-refractivity contribution in [2.45, 2.75) is 110 Å². The zero-order valence-electron chi connectivity index (χ0n) is 16.9. The normalized spacial score (nSPS) is 12.1. The van der Waals surface area contributed by atoms with Crippen LogP contribution in [-0.2, 0) is 14.3 Å². The molecule has 25 heavy (non-hydrogen) atoms. The molecule has 0 saturated carbocycles. The van der Waals surface area contributed by atoms with E-state index in [2.05, 4.69) is 12.2 Å². The monoisotopic (exact) mass is 355 g/mol. The van der Waals surface area contributed by atoms with Gasteiger partial charge in [-0.05, 0) is 6.42 Å². The van der Waals surface area contributed by atoms with Crippen molar-refractivity contribution < 1.29 is 14.3 Å². The Balaban J connectivity index is 3.44. The summed E-state index contributed by atoms with van der Waals surface area (Å²) < 4.78 is 5.01. The maximum absolute atomic E-state index is 12.1. The Morgan fingerprint density at radius 3 is 1.64 bits per heavy atom. The molecule has 1 amide bonds. The summed E-state index contributed by atoms with van der Waals surface area (Å²) in [4.78, 5) is 23.2. The molecule has 0 aromatic rings. The van der Waals surface area contributed by atoms with Gasteiger partial charge in [0.25, 0.3) is 0 Å². The third kappa shape index (κ3) is 16.3. The Labute approximate surface area is 155 Å². The molecule has 0 aromatic carbocycles. The van der Waals surface area contributed by atoms with Crippen LogP contribution in [0.1, 0.15) is 104 Å². The van der Waals surface area contributed by atoms with Gasteiger partial charge in [-0.15, -0.1) is 0 Å². The molecule has 0 aliphatic carbocycles. The van der Waals surface area contributed by atoms with Crippen molar-refractivity contribution >= 4 is 11.7 Å². The molecule has 0 radical (unpaired) electrons. The van der Waals surface area contributed by atoms with Crippen LogP contribution in [0.4, 0.5) is 0 Å². The van der Waals surface area contributed by atoms with Gasteiger partial charge in [-0.2, -0.15) is 0 Å². The first-order valence-electron chi connectivity index (χ1n) is 10.4. The molecule has 0 aromatic heterocycles. The molecule has 0 fully saturated rings. The number of rotatable bonds is 18. The van der Waals surface area contributed by atoms with Gasteiger partial charge in [-0.25, -0.2) is 0 Å². The van der Waals surface area contributed by atoms with Gasteiger partial charge in [0.2, 0.25) is 5.91 Å². The van der Waals surface area contributed by atoms with E-state index in [1.807, 2.05) is 0 Å². The summed E-state index contributed by atoms with van der Waals surface area (Å²) in [5, 5.41) is 2.66. The fraction of sp³-hybridized carbons (Fsp3) is 0.905. The van der Waals surface area contributed by atoms with Crippen molar-refractivity contribution in [3.05, 3.63) is 0 Å². The Hall–Kier alpha value is -0.900. The number of Topliss-reactive ketones (excluding diaryl/α,β-unsaturated/α-hetero) is 1. The van der Waals surface area contributed by atoms with E-state index in [4.69, 9.17) is 4.74 Å². The van der Waals surface area contributed by atoms with Gasteiger partial charge < -0.3 is 10.1 Å². The largest absolute Gasteiger partial charge is 0.382 e. The van der Waals surface area contributed by atoms with Gasteiger partial charge in [-0.3, -0.25) is 9.59 Å². The van der Waals surface area contributed by atoms with Crippen LogP contribution in [0.15, 0.2) is 0 Å². The molecule has 0 aliphatic heterocycles. The predicted molar refractivity (Wildman–Crippen MR) is 105 cm³/mol. The van der Waals surface area contributed by atoms with E-state index in [-0.39, 0.29) is 18.3 Å². The summed E-state index contributed by atoms with van der Waals surface area (Å²) in [7, 11) is 1.55. The second-order valence-electron chi connectivity index (χ2n) is 7.17. The van der Waals surface area contributed by atoms with Crippen LogP contribution in [0, 0.1) is 0 Å². The average molecular weight is 356 g/mol. The Bertz CT molecular complexity index is 331. The standard InChI is InChI=1S/C21H41NO3/c1-4-5-6-7-8-9-10-11-12-13-14-15-16-17-21(24)20(18-25-3)22-19(2)23/h20H,4-18H2,1-3H3,(H,22,23). The first-order chi connectivity index (χ1) is 12.1. The van der Waals surface area contributed by atoms with Crippen molar-refractivity contribution in [1.29, 1.82) is 0 Å². The second-order valence-corrected chi connectivity index (χ2v) is 7.17. The first-order valence-corrected chi connectivity index (χ1v) is 10.4. The van der Waals surface area contributed by atoms with E-state index in [0.717, 1.165) is 12.8 Å². The van der Waals surface area contributed by atoms with Crippen molar-refractivity contribution in [3.8, 4) is 0 Å². The van der Waals surface area contributed by atoms with Crippen LogP contribution in [0.25, 0.3) is 0 Å². The lowest BCUT2D eigenvalue weighted by Gasteiger charge is -2.15. The van der Waals surface area contributed by atoms with E-state index < -0.39 is 6.04 Å². The summed E-state index contributed by atoms with van der Waals surface area (Å²) in [6.07, 6.45) is 17.4. The van der Waals surface area contributed by atoms with Crippen LogP contribution < -0.4 is 5.32 Å². The van der Waals surface area contributed by atoms with Gasteiger partial charge in [-0.1, -0.05) is 84.0 Å². The number of unbranched alkanes of at least 4 members (excludes halogenated alkanes) is 12. The van der Waals surface area contributed by atoms with Crippen LogP contribution in [0.2, 0.25) is 0 Å². The number of hydrogen-bond acceptors (Lipinski definition) is 3. The number of hydrogen-bond donors (Lipinski definition) is 1. The summed E-state index contributed by atoms with van der Waals surface area (Å²) in [5.74, 6) is -0.0964. The highest BCUT2D eigenvalue weighted by Gasteiger charge is 2.18. The van der Waals surface area contributed by atoms with E-state index in [1.54, 1.807) is 7.11 Å². The van der Waals surface area contributed by atoms with Gasteiger partial charge in [0.05, 0.1) is 6.61 Å². The van der Waals surface area contributed by atoms with E-state index >= 15 is 0 Å². The molecule has 0 bridgehead atoms. The minimum atomic E-state index is -0.486. The molecular weight excluding hydrogens is 314 g/mol.